The van der Waals surface area contributed by atoms with Gasteiger partial charge < -0.3 is 24.3 Å². The number of hydrogen-bond acceptors (Lipinski definition) is 4. The van der Waals surface area contributed by atoms with Crippen molar-refractivity contribution >= 4 is 34.6 Å². The molecule has 1 fully saturated rings. The van der Waals surface area contributed by atoms with Crippen molar-refractivity contribution in [1.29, 1.82) is 0 Å². The lowest BCUT2D eigenvalue weighted by molar-refractivity contribution is -0.137. The van der Waals surface area contributed by atoms with E-state index < -0.39 is 23.8 Å². The Hall–Kier alpha value is -3.60. The second-order valence-corrected chi connectivity index (χ2v) is 9.60. The number of thiocarbonyl (C=S) groups is 1. The van der Waals surface area contributed by atoms with Crippen molar-refractivity contribution in [3.05, 3.63) is 107 Å². The van der Waals surface area contributed by atoms with Crippen LogP contribution in [-0.4, -0.2) is 35.0 Å². The van der Waals surface area contributed by atoms with E-state index in [-0.39, 0.29) is 0 Å². The Kier molecular flexibility index (Phi) is 7.79. The lowest BCUT2D eigenvalue weighted by atomic mass is 10.0. The van der Waals surface area contributed by atoms with E-state index in [0.717, 1.165) is 17.8 Å². The fraction of sp³-hybridized carbons (Fsp3) is 0.214. The van der Waals surface area contributed by atoms with Crippen LogP contribution in [0.2, 0.25) is 5.02 Å². The minimum atomic E-state index is -4.47. The molecule has 0 saturated carbocycles. The lowest BCUT2D eigenvalue weighted by Crippen LogP contribution is -2.30. The Balaban J connectivity index is 1.59. The molecule has 1 aliphatic heterocycles. The van der Waals surface area contributed by atoms with Crippen LogP contribution in [0.1, 0.15) is 29.0 Å². The van der Waals surface area contributed by atoms with Crippen LogP contribution in [0.25, 0.3) is 5.69 Å². The fourth-order valence-corrected chi connectivity index (χ4v) is 5.20. The van der Waals surface area contributed by atoms with Gasteiger partial charge in [0.05, 0.1) is 28.9 Å². The van der Waals surface area contributed by atoms with Gasteiger partial charge in [-0.2, -0.15) is 13.2 Å². The minimum Gasteiger partial charge on any atom is -0.490 e. The summed E-state index contributed by atoms with van der Waals surface area (Å²) in [7, 11) is 1.59. The summed E-state index contributed by atoms with van der Waals surface area (Å²) in [5, 5.41) is 4.17. The second kappa shape index (κ2) is 11.3. The van der Waals surface area contributed by atoms with E-state index in [1.165, 1.54) is 6.07 Å². The second-order valence-electron chi connectivity index (χ2n) is 8.80. The molecule has 202 valence electrons. The third-order valence-electron chi connectivity index (χ3n) is 6.37. The lowest BCUT2D eigenvalue weighted by Gasteiger charge is -2.29. The summed E-state index contributed by atoms with van der Waals surface area (Å²) in [6.45, 7) is 0.757. The molecule has 4 aromatic rings. The van der Waals surface area contributed by atoms with Crippen molar-refractivity contribution in [2.75, 3.05) is 25.2 Å². The van der Waals surface area contributed by atoms with E-state index in [4.69, 9.17) is 33.3 Å². The quantitative estimate of drug-likeness (QED) is 0.186. The van der Waals surface area contributed by atoms with Gasteiger partial charge in [-0.3, -0.25) is 4.98 Å². The Labute approximate surface area is 233 Å². The van der Waals surface area contributed by atoms with Gasteiger partial charge in [0.15, 0.2) is 5.11 Å². The molecule has 0 bridgehead atoms. The molecule has 1 aliphatic rings. The van der Waals surface area contributed by atoms with E-state index in [2.05, 4.69) is 10.3 Å². The number of nitrogens with zero attached hydrogens (tertiary/aromatic N) is 3. The van der Waals surface area contributed by atoms with Crippen LogP contribution in [-0.2, 0) is 10.9 Å². The molecule has 5 rings (SSSR count). The number of hydrogen-bond donors (Lipinski definition) is 1. The van der Waals surface area contributed by atoms with Crippen LogP contribution < -0.4 is 15.0 Å². The van der Waals surface area contributed by atoms with Gasteiger partial charge in [-0.1, -0.05) is 23.7 Å². The Morgan fingerprint density at radius 1 is 1.00 bits per heavy atom. The first kappa shape index (κ1) is 27.0. The molecule has 0 aliphatic carbocycles. The molecule has 1 saturated heterocycles. The molecule has 0 spiro atoms. The van der Waals surface area contributed by atoms with Crippen LogP contribution >= 0.6 is 23.8 Å². The number of nitrogens with one attached hydrogen (secondary N) is 1. The first-order valence-corrected chi connectivity index (χ1v) is 12.8. The summed E-state index contributed by atoms with van der Waals surface area (Å²) >= 11 is 12.3. The molecule has 0 unspecified atom stereocenters. The number of aromatic nitrogens is 2. The van der Waals surface area contributed by atoms with Crippen LogP contribution in [0.15, 0.2) is 85.2 Å². The predicted octanol–water partition coefficient (Wildman–Crippen LogP) is 6.75. The van der Waals surface area contributed by atoms with Crippen molar-refractivity contribution < 1.29 is 22.6 Å². The summed E-state index contributed by atoms with van der Waals surface area (Å²) in [6.07, 6.45) is -1.04. The number of benzene rings is 2. The maximum atomic E-state index is 13.5. The van der Waals surface area contributed by atoms with Crippen LogP contribution in [0.5, 0.6) is 5.75 Å². The van der Waals surface area contributed by atoms with E-state index >= 15 is 0 Å². The number of rotatable bonds is 8. The molecular formula is C28H24ClF3N4O2S. The number of ether oxygens (including phenoxy) is 2. The van der Waals surface area contributed by atoms with Crippen LogP contribution in [0.4, 0.5) is 18.9 Å². The number of pyridine rings is 1. The van der Waals surface area contributed by atoms with Gasteiger partial charge in [0.2, 0.25) is 0 Å². The zero-order chi connectivity index (χ0) is 27.6. The number of alkyl halides is 3. The predicted molar refractivity (Wildman–Crippen MR) is 148 cm³/mol. The van der Waals surface area contributed by atoms with Crippen LogP contribution in [0.3, 0.4) is 0 Å². The maximum absolute atomic E-state index is 13.5. The van der Waals surface area contributed by atoms with Crippen molar-refractivity contribution in [2.24, 2.45) is 0 Å². The third kappa shape index (κ3) is 5.59. The molecule has 39 heavy (non-hydrogen) atoms. The molecule has 6 nitrogen and oxygen atoms in total. The maximum Gasteiger partial charge on any atom is 0.416 e. The molecule has 0 radical (unpaired) electrons. The van der Waals surface area contributed by atoms with Gasteiger partial charge in [-0.15, -0.1) is 0 Å². The highest BCUT2D eigenvalue weighted by Crippen LogP contribution is 2.44. The smallest absolute Gasteiger partial charge is 0.416 e. The summed E-state index contributed by atoms with van der Waals surface area (Å²) in [5.74, 6) is 0.501. The average molecular weight is 573 g/mol. The molecule has 2 aromatic heterocycles. The highest BCUT2D eigenvalue weighted by Gasteiger charge is 2.42. The monoisotopic (exact) mass is 572 g/mol. The molecule has 2 atom stereocenters. The number of methoxy groups -OCH3 is 1. The normalized spacial score (nSPS) is 17.4. The highest BCUT2D eigenvalue weighted by molar-refractivity contribution is 7.80. The molecule has 3 heterocycles. The Morgan fingerprint density at radius 2 is 1.85 bits per heavy atom. The van der Waals surface area contributed by atoms with Crippen molar-refractivity contribution in [3.63, 3.8) is 0 Å². The molecule has 0 amide bonds. The summed E-state index contributed by atoms with van der Waals surface area (Å²) in [5.41, 5.74) is 1.79. The van der Waals surface area contributed by atoms with Crippen molar-refractivity contribution in [2.45, 2.75) is 18.3 Å². The highest BCUT2D eigenvalue weighted by atomic mass is 35.5. The van der Waals surface area contributed by atoms with E-state index in [1.807, 2.05) is 35.2 Å². The summed E-state index contributed by atoms with van der Waals surface area (Å²) < 4.78 is 53.0. The molecule has 1 N–H and O–H groups in total. The van der Waals surface area contributed by atoms with Gasteiger partial charge in [-0.05, 0) is 72.9 Å². The van der Waals surface area contributed by atoms with Gasteiger partial charge >= 0.3 is 6.18 Å². The Bertz CT molecular complexity index is 1460. The van der Waals surface area contributed by atoms with E-state index in [0.29, 0.717) is 46.2 Å². The zero-order valence-corrected chi connectivity index (χ0v) is 22.3. The SMILES string of the molecule is COCCOc1ccc(N2C(=S)N[C@H](c3ccccn3)[C@H]2c2cccn2-c2cccc(C(F)(F)F)c2)cc1Cl. The van der Waals surface area contributed by atoms with Gasteiger partial charge in [-0.25, -0.2) is 0 Å². The van der Waals surface area contributed by atoms with Gasteiger partial charge in [0.1, 0.15) is 18.4 Å². The molecular weight excluding hydrogens is 549 g/mol. The van der Waals surface area contributed by atoms with Gasteiger partial charge in [0, 0.05) is 36.6 Å². The topological polar surface area (TPSA) is 51.6 Å². The zero-order valence-electron chi connectivity index (χ0n) is 20.7. The number of halogens is 4. The summed E-state index contributed by atoms with van der Waals surface area (Å²) in [4.78, 5) is 6.44. The Morgan fingerprint density at radius 3 is 2.56 bits per heavy atom. The average Bonchev–Trinajstić information content (AvgIpc) is 3.54. The third-order valence-corrected chi connectivity index (χ3v) is 6.98. The largest absolute Gasteiger partial charge is 0.490 e. The first-order valence-electron chi connectivity index (χ1n) is 12.0. The fourth-order valence-electron chi connectivity index (χ4n) is 4.63. The van der Waals surface area contributed by atoms with Gasteiger partial charge in [0.25, 0.3) is 0 Å². The van der Waals surface area contributed by atoms with Crippen molar-refractivity contribution in [1.82, 2.24) is 14.9 Å². The first-order chi connectivity index (χ1) is 18.8. The van der Waals surface area contributed by atoms with Crippen molar-refractivity contribution in [3.8, 4) is 11.4 Å². The molecule has 11 heteroatoms. The van der Waals surface area contributed by atoms with E-state index in [9.17, 15) is 13.2 Å². The minimum absolute atomic E-state index is 0.341. The number of anilines is 1. The van der Waals surface area contributed by atoms with E-state index in [1.54, 1.807) is 48.3 Å². The molecule has 2 aromatic carbocycles. The van der Waals surface area contributed by atoms with Crippen LogP contribution in [0, 0.1) is 0 Å². The standard InChI is InChI=1S/C28H24ClF3N4O2S/c1-37-14-15-38-24-11-10-20(17-21(24)29)36-26(25(34-27(36)39)22-8-2-3-12-33-22)23-9-5-13-35(23)19-7-4-6-18(16-19)28(30,31)32/h2-13,16-17,25-26H,14-15H2,1H3,(H,34,39)/t25-,26-/m1/s1. The summed E-state index contributed by atoms with van der Waals surface area (Å²) in [6, 6.07) is 19.0.